The second-order valence-electron chi connectivity index (χ2n) is 14.9. The first-order chi connectivity index (χ1) is 25.5. The van der Waals surface area contributed by atoms with Crippen LogP contribution in [0.4, 0.5) is 4.79 Å². The van der Waals surface area contributed by atoms with Crippen LogP contribution in [0.15, 0.2) is 18.2 Å². The molecule has 2 saturated heterocycles. The number of hydrogen-bond acceptors (Lipinski definition) is 10. The van der Waals surface area contributed by atoms with Crippen LogP contribution in [0.1, 0.15) is 107 Å². The molecule has 6 rings (SSSR count). The fourth-order valence-corrected chi connectivity index (χ4v) is 8.93. The molecule has 3 N–H and O–H groups in total. The molecule has 4 aliphatic rings. The highest BCUT2D eigenvalue weighted by molar-refractivity contribution is 7.90. The molecule has 4 heterocycles. The summed E-state index contributed by atoms with van der Waals surface area (Å²) in [5, 5.41) is 5.78. The van der Waals surface area contributed by atoms with Gasteiger partial charge in [0, 0.05) is 17.9 Å². The third-order valence-electron chi connectivity index (χ3n) is 10.8. The topological polar surface area (TPSA) is 182 Å². The minimum atomic E-state index is -3.85. The van der Waals surface area contributed by atoms with Crippen LogP contribution < -0.4 is 24.8 Å². The van der Waals surface area contributed by atoms with E-state index in [1.54, 1.807) is 6.07 Å². The summed E-state index contributed by atoms with van der Waals surface area (Å²) in [4.78, 5) is 61.2. The molecule has 1 aromatic carbocycles. The Morgan fingerprint density at radius 1 is 0.925 bits per heavy atom. The molecule has 1 saturated carbocycles. The third kappa shape index (κ3) is 9.89. The van der Waals surface area contributed by atoms with Crippen molar-refractivity contribution in [1.29, 1.82) is 0 Å². The van der Waals surface area contributed by atoms with Gasteiger partial charge in [-0.3, -0.25) is 19.1 Å². The van der Waals surface area contributed by atoms with E-state index < -0.39 is 63.3 Å². The van der Waals surface area contributed by atoms with Crippen LogP contribution in [0.5, 0.6) is 11.6 Å². The Bertz CT molecular complexity index is 1780. The second-order valence-corrected chi connectivity index (χ2v) is 16.9. The molecule has 3 fully saturated rings. The average Bonchev–Trinajstić information content (AvgIpc) is 3.91. The molecule has 15 heteroatoms. The van der Waals surface area contributed by atoms with Crippen molar-refractivity contribution in [3.8, 4) is 11.6 Å². The van der Waals surface area contributed by atoms with Crippen molar-refractivity contribution in [2.75, 3.05) is 20.3 Å². The molecule has 2 aromatic rings. The molecule has 1 aliphatic carbocycles. The summed E-state index contributed by atoms with van der Waals surface area (Å²) in [6, 6.07) is 2.69. The van der Waals surface area contributed by atoms with E-state index in [-0.39, 0.29) is 26.0 Å². The molecular formula is C38H53N5O9S. The van der Waals surface area contributed by atoms with Crippen molar-refractivity contribution >= 4 is 44.7 Å². The quantitative estimate of drug-likeness (QED) is 0.406. The van der Waals surface area contributed by atoms with Crippen LogP contribution in [0.25, 0.3) is 10.9 Å². The Hall–Kier alpha value is -4.14. The maximum absolute atomic E-state index is 14.4. The van der Waals surface area contributed by atoms with Crippen LogP contribution in [0, 0.1) is 6.92 Å². The van der Waals surface area contributed by atoms with E-state index in [4.69, 9.17) is 14.2 Å². The molecular weight excluding hydrogens is 703 g/mol. The van der Waals surface area contributed by atoms with E-state index in [1.165, 1.54) is 12.0 Å². The van der Waals surface area contributed by atoms with Gasteiger partial charge in [0.15, 0.2) is 0 Å². The van der Waals surface area contributed by atoms with Gasteiger partial charge >= 0.3 is 6.09 Å². The van der Waals surface area contributed by atoms with Gasteiger partial charge in [-0.15, -0.1) is 0 Å². The SMILES string of the molecule is COc1cc2c3cc(c(C)cc3n1)CCCCCCOC(=O)N[C@H]1CCCCCCCCC(C(=O)NS(=O)(=O)C3CC3)NC(=O)[C@@H]3C[C@H](CN3C1=O)O2. The highest BCUT2D eigenvalue weighted by Gasteiger charge is 2.45. The Morgan fingerprint density at radius 2 is 1.64 bits per heavy atom. The number of nitrogens with one attached hydrogen (secondary N) is 3. The van der Waals surface area contributed by atoms with E-state index in [0.717, 1.165) is 67.9 Å². The number of carbonyl (C=O) groups excluding carboxylic acids is 4. The molecule has 4 atom stereocenters. The number of ether oxygens (including phenoxy) is 3. The lowest BCUT2D eigenvalue weighted by Crippen LogP contribution is -2.56. The van der Waals surface area contributed by atoms with Crippen LogP contribution in [-0.4, -0.2) is 91.9 Å². The van der Waals surface area contributed by atoms with Crippen molar-refractivity contribution in [3.63, 3.8) is 0 Å². The summed E-state index contributed by atoms with van der Waals surface area (Å²) < 4.78 is 45.3. The van der Waals surface area contributed by atoms with Gasteiger partial charge in [0.1, 0.15) is 30.0 Å². The number of fused-ring (bicyclic) bond motifs is 3. The first-order valence-electron chi connectivity index (χ1n) is 19.3. The standard InChI is InChI=1S/C38H53N5O9S/c1-24-19-31-28-20-25(24)13-9-7-8-12-18-51-38(47)41-30-15-11-6-4-3-5-10-14-29(35(44)42-53(48,49)27-16-17-27)40-36(45)32-21-26(23-43(32)37(30)46)52-33(28)22-34(39-31)50-2/h19-20,22,26-27,29-30,32H,3-18,21,23H2,1-2H3,(H,40,45)(H,41,47)(H,42,44)/t26-,29?,30+,32+/m1/s1. The number of cyclic esters (lactones) is 1. The Morgan fingerprint density at radius 3 is 2.40 bits per heavy atom. The van der Waals surface area contributed by atoms with Gasteiger partial charge in [0.25, 0.3) is 5.91 Å². The minimum Gasteiger partial charge on any atom is -0.488 e. The maximum Gasteiger partial charge on any atom is 0.407 e. The van der Waals surface area contributed by atoms with Gasteiger partial charge in [-0.2, -0.15) is 0 Å². The van der Waals surface area contributed by atoms with Crippen LogP contribution in [0.3, 0.4) is 0 Å². The lowest BCUT2D eigenvalue weighted by Gasteiger charge is -2.29. The van der Waals surface area contributed by atoms with Crippen molar-refractivity contribution in [2.45, 2.75) is 139 Å². The number of methoxy groups -OCH3 is 1. The van der Waals surface area contributed by atoms with Gasteiger partial charge < -0.3 is 29.7 Å². The Kier molecular flexibility index (Phi) is 12.6. The van der Waals surface area contributed by atoms with Gasteiger partial charge in [-0.05, 0) is 75.1 Å². The fraction of sp³-hybridized carbons (Fsp3) is 0.658. The summed E-state index contributed by atoms with van der Waals surface area (Å²) in [5.74, 6) is -0.963. The number of rotatable bonds is 4. The third-order valence-corrected chi connectivity index (χ3v) is 12.6. The summed E-state index contributed by atoms with van der Waals surface area (Å²) in [5.41, 5.74) is 2.95. The number of alkyl carbamates (subject to hydrolysis) is 1. The van der Waals surface area contributed by atoms with Crippen molar-refractivity contribution in [3.05, 3.63) is 29.3 Å². The summed E-state index contributed by atoms with van der Waals surface area (Å²) in [6.07, 6.45) is 9.36. The molecule has 290 valence electrons. The molecule has 3 aliphatic heterocycles. The lowest BCUT2D eigenvalue weighted by molar-refractivity contribution is -0.141. The predicted octanol–water partition coefficient (Wildman–Crippen LogP) is 4.34. The Labute approximate surface area is 311 Å². The number of carbonyl (C=O) groups is 4. The van der Waals surface area contributed by atoms with E-state index >= 15 is 0 Å². The molecule has 1 aromatic heterocycles. The van der Waals surface area contributed by atoms with E-state index in [1.807, 2.05) is 6.07 Å². The van der Waals surface area contributed by atoms with Crippen LogP contribution >= 0.6 is 0 Å². The molecule has 5 bridgehead atoms. The molecule has 14 nitrogen and oxygen atoms in total. The molecule has 53 heavy (non-hydrogen) atoms. The normalized spacial score (nSPS) is 25.8. The zero-order valence-electron chi connectivity index (χ0n) is 30.8. The minimum absolute atomic E-state index is 0.0297. The number of sulfonamides is 1. The number of aromatic nitrogens is 1. The number of pyridine rings is 1. The number of nitrogens with zero attached hydrogens (tertiary/aromatic N) is 2. The largest absolute Gasteiger partial charge is 0.488 e. The summed E-state index contributed by atoms with van der Waals surface area (Å²) in [6.45, 7) is 2.31. The molecule has 0 spiro atoms. The van der Waals surface area contributed by atoms with Crippen LogP contribution in [-0.2, 0) is 35.6 Å². The second kappa shape index (κ2) is 17.3. The zero-order chi connectivity index (χ0) is 37.5. The van der Waals surface area contributed by atoms with Gasteiger partial charge in [-0.25, -0.2) is 18.2 Å². The number of benzene rings is 1. The van der Waals surface area contributed by atoms with Crippen LogP contribution in [0.2, 0.25) is 0 Å². The van der Waals surface area contributed by atoms with Crippen molar-refractivity contribution < 1.29 is 41.8 Å². The highest BCUT2D eigenvalue weighted by atomic mass is 32.2. The maximum atomic E-state index is 14.4. The van der Waals surface area contributed by atoms with Gasteiger partial charge in [0.2, 0.25) is 27.7 Å². The molecule has 0 radical (unpaired) electrons. The molecule has 1 unspecified atom stereocenters. The predicted molar refractivity (Wildman–Crippen MR) is 197 cm³/mol. The van der Waals surface area contributed by atoms with Gasteiger partial charge in [0.05, 0.1) is 31.0 Å². The van der Waals surface area contributed by atoms with Crippen molar-refractivity contribution in [1.82, 2.24) is 25.2 Å². The number of hydrogen-bond donors (Lipinski definition) is 3. The smallest absolute Gasteiger partial charge is 0.407 e. The fourth-order valence-electron chi connectivity index (χ4n) is 7.59. The van der Waals surface area contributed by atoms with Gasteiger partial charge in [-0.1, -0.05) is 51.4 Å². The first-order valence-corrected chi connectivity index (χ1v) is 20.8. The monoisotopic (exact) mass is 755 g/mol. The van der Waals surface area contributed by atoms with E-state index in [2.05, 4.69) is 33.3 Å². The van der Waals surface area contributed by atoms with Crippen molar-refractivity contribution in [2.24, 2.45) is 0 Å². The summed E-state index contributed by atoms with van der Waals surface area (Å²) >= 11 is 0. The van der Waals surface area contributed by atoms with E-state index in [0.29, 0.717) is 55.7 Å². The lowest BCUT2D eigenvalue weighted by atomic mass is 9.99. The zero-order valence-corrected chi connectivity index (χ0v) is 31.6. The first kappa shape index (κ1) is 38.6. The van der Waals surface area contributed by atoms with E-state index in [9.17, 15) is 27.6 Å². The highest BCUT2D eigenvalue weighted by Crippen LogP contribution is 2.35. The Balaban J connectivity index is 1.34. The number of aryl methyl sites for hydroxylation is 2. The molecule has 4 amide bonds. The average molecular weight is 756 g/mol. The number of amides is 4. The summed E-state index contributed by atoms with van der Waals surface area (Å²) in [7, 11) is -2.32.